The van der Waals surface area contributed by atoms with Crippen LogP contribution in [0.4, 0.5) is 0 Å². The standard InChI is InChI=1S/C20H29N3O2/c1-16(2)8-13-22-14-20(10-7-18(22)24)9-5-12-23(15-20)19(25)17-6-3-4-11-21-17/h3-4,6,11,16H,5,7-10,12-15H2,1-2H3. The summed E-state index contributed by atoms with van der Waals surface area (Å²) in [6, 6.07) is 5.46. The van der Waals surface area contributed by atoms with Crippen molar-refractivity contribution >= 4 is 11.8 Å². The number of nitrogens with zero attached hydrogens (tertiary/aromatic N) is 3. The third kappa shape index (κ3) is 4.20. The van der Waals surface area contributed by atoms with Crippen molar-refractivity contribution in [3.05, 3.63) is 30.1 Å². The predicted octanol–water partition coefficient (Wildman–Crippen LogP) is 2.97. The van der Waals surface area contributed by atoms with E-state index in [0.717, 1.165) is 51.9 Å². The summed E-state index contributed by atoms with van der Waals surface area (Å²) in [6.45, 7) is 7.55. The van der Waals surface area contributed by atoms with E-state index in [1.165, 1.54) is 0 Å². The summed E-state index contributed by atoms with van der Waals surface area (Å²) in [5, 5.41) is 0. The molecule has 2 fully saturated rings. The highest BCUT2D eigenvalue weighted by molar-refractivity contribution is 5.92. The minimum Gasteiger partial charge on any atom is -0.342 e. The average molecular weight is 343 g/mol. The molecule has 0 aliphatic carbocycles. The van der Waals surface area contributed by atoms with Crippen molar-refractivity contribution in [3.8, 4) is 0 Å². The van der Waals surface area contributed by atoms with Crippen molar-refractivity contribution in [2.75, 3.05) is 26.2 Å². The first kappa shape index (κ1) is 17.9. The predicted molar refractivity (Wildman–Crippen MR) is 97.1 cm³/mol. The number of aromatic nitrogens is 1. The molecule has 2 aliphatic heterocycles. The number of carbonyl (C=O) groups is 2. The van der Waals surface area contributed by atoms with Crippen LogP contribution in [0.5, 0.6) is 0 Å². The number of amides is 2. The van der Waals surface area contributed by atoms with Crippen LogP contribution in [0, 0.1) is 11.3 Å². The summed E-state index contributed by atoms with van der Waals surface area (Å²) in [5.74, 6) is 0.893. The van der Waals surface area contributed by atoms with Gasteiger partial charge in [0.15, 0.2) is 0 Å². The Bertz CT molecular complexity index is 617. The van der Waals surface area contributed by atoms with Gasteiger partial charge in [-0.2, -0.15) is 0 Å². The number of carbonyl (C=O) groups excluding carboxylic acids is 2. The molecule has 1 atom stereocenters. The molecule has 0 saturated carbocycles. The molecule has 1 unspecified atom stereocenters. The average Bonchev–Trinajstić information content (AvgIpc) is 2.63. The Kier molecular flexibility index (Phi) is 5.40. The highest BCUT2D eigenvalue weighted by Gasteiger charge is 2.42. The van der Waals surface area contributed by atoms with Crippen LogP contribution in [0.1, 0.15) is 56.4 Å². The van der Waals surface area contributed by atoms with Crippen molar-refractivity contribution in [1.82, 2.24) is 14.8 Å². The Morgan fingerprint density at radius 3 is 2.84 bits per heavy atom. The molecule has 0 radical (unpaired) electrons. The van der Waals surface area contributed by atoms with Crippen LogP contribution < -0.4 is 0 Å². The molecular formula is C20H29N3O2. The van der Waals surface area contributed by atoms with E-state index in [1.807, 2.05) is 21.9 Å². The van der Waals surface area contributed by atoms with Gasteiger partial charge in [0.05, 0.1) is 0 Å². The molecule has 2 aliphatic rings. The highest BCUT2D eigenvalue weighted by atomic mass is 16.2. The second-order valence-corrected chi connectivity index (χ2v) is 8.04. The van der Waals surface area contributed by atoms with Gasteiger partial charge >= 0.3 is 0 Å². The molecule has 2 amide bonds. The summed E-state index contributed by atoms with van der Waals surface area (Å²) in [6.07, 6.45) is 6.33. The first-order valence-electron chi connectivity index (χ1n) is 9.47. The van der Waals surface area contributed by atoms with Gasteiger partial charge in [-0.1, -0.05) is 19.9 Å². The summed E-state index contributed by atoms with van der Waals surface area (Å²) < 4.78 is 0. The first-order chi connectivity index (χ1) is 12.0. The molecule has 3 rings (SSSR count). The molecule has 1 spiro atoms. The smallest absolute Gasteiger partial charge is 0.272 e. The minimum absolute atomic E-state index is 0.0188. The Morgan fingerprint density at radius 1 is 1.28 bits per heavy atom. The van der Waals surface area contributed by atoms with Gasteiger partial charge in [0.25, 0.3) is 5.91 Å². The second kappa shape index (κ2) is 7.54. The van der Waals surface area contributed by atoms with E-state index in [-0.39, 0.29) is 17.2 Å². The van der Waals surface area contributed by atoms with E-state index >= 15 is 0 Å². The molecule has 2 saturated heterocycles. The zero-order valence-electron chi connectivity index (χ0n) is 15.4. The van der Waals surface area contributed by atoms with Gasteiger partial charge in [0.1, 0.15) is 5.69 Å². The van der Waals surface area contributed by atoms with Crippen LogP contribution in [-0.4, -0.2) is 52.8 Å². The molecule has 136 valence electrons. The molecule has 1 aromatic rings. The minimum atomic E-state index is 0.0188. The van der Waals surface area contributed by atoms with Crippen molar-refractivity contribution in [2.45, 2.75) is 46.0 Å². The van der Waals surface area contributed by atoms with Crippen LogP contribution in [0.25, 0.3) is 0 Å². The van der Waals surface area contributed by atoms with Crippen molar-refractivity contribution in [3.63, 3.8) is 0 Å². The molecule has 5 heteroatoms. The SMILES string of the molecule is CC(C)CCN1CC2(CCCN(C(=O)c3ccccn3)C2)CCC1=O. The quantitative estimate of drug-likeness (QED) is 0.844. The lowest BCUT2D eigenvalue weighted by atomic mass is 9.73. The summed E-state index contributed by atoms with van der Waals surface area (Å²) in [4.78, 5) is 33.3. The maximum atomic E-state index is 12.8. The van der Waals surface area contributed by atoms with Gasteiger partial charge < -0.3 is 9.80 Å². The van der Waals surface area contributed by atoms with E-state index in [1.54, 1.807) is 12.3 Å². The van der Waals surface area contributed by atoms with Gasteiger partial charge in [0.2, 0.25) is 5.91 Å². The molecule has 0 bridgehead atoms. The van der Waals surface area contributed by atoms with Gasteiger partial charge in [-0.25, -0.2) is 0 Å². The fraction of sp³-hybridized carbons (Fsp3) is 0.650. The van der Waals surface area contributed by atoms with Gasteiger partial charge in [-0.3, -0.25) is 14.6 Å². The number of rotatable bonds is 4. The van der Waals surface area contributed by atoms with E-state index in [9.17, 15) is 9.59 Å². The van der Waals surface area contributed by atoms with Crippen LogP contribution in [0.3, 0.4) is 0 Å². The number of hydrogen-bond acceptors (Lipinski definition) is 3. The van der Waals surface area contributed by atoms with Crippen molar-refractivity contribution in [1.29, 1.82) is 0 Å². The van der Waals surface area contributed by atoms with E-state index in [0.29, 0.717) is 18.0 Å². The topological polar surface area (TPSA) is 53.5 Å². The Morgan fingerprint density at radius 2 is 2.12 bits per heavy atom. The zero-order valence-corrected chi connectivity index (χ0v) is 15.4. The Labute approximate surface area is 150 Å². The second-order valence-electron chi connectivity index (χ2n) is 8.04. The maximum Gasteiger partial charge on any atom is 0.272 e. The van der Waals surface area contributed by atoms with Crippen LogP contribution >= 0.6 is 0 Å². The van der Waals surface area contributed by atoms with Crippen LogP contribution in [0.15, 0.2) is 24.4 Å². The normalized spacial score (nSPS) is 24.2. The number of piperidine rings is 2. The highest BCUT2D eigenvalue weighted by Crippen LogP contribution is 2.39. The third-order valence-electron chi connectivity index (χ3n) is 5.56. The van der Waals surface area contributed by atoms with Crippen molar-refractivity contribution < 1.29 is 9.59 Å². The van der Waals surface area contributed by atoms with Gasteiger partial charge in [-0.05, 0) is 43.7 Å². The van der Waals surface area contributed by atoms with Crippen LogP contribution in [0.2, 0.25) is 0 Å². The number of hydrogen-bond donors (Lipinski definition) is 0. The Hall–Kier alpha value is -1.91. The molecule has 3 heterocycles. The molecule has 5 nitrogen and oxygen atoms in total. The summed E-state index contributed by atoms with van der Waals surface area (Å²) >= 11 is 0. The number of likely N-dealkylation sites (tertiary alicyclic amines) is 2. The molecule has 0 aromatic carbocycles. The Balaban J connectivity index is 1.69. The first-order valence-corrected chi connectivity index (χ1v) is 9.47. The van der Waals surface area contributed by atoms with Crippen molar-refractivity contribution in [2.24, 2.45) is 11.3 Å². The van der Waals surface area contributed by atoms with E-state index < -0.39 is 0 Å². The lowest BCUT2D eigenvalue weighted by Gasteiger charge is -2.48. The molecule has 25 heavy (non-hydrogen) atoms. The molecular weight excluding hydrogens is 314 g/mol. The lowest BCUT2D eigenvalue weighted by molar-refractivity contribution is -0.139. The lowest BCUT2D eigenvalue weighted by Crippen LogP contribution is -2.55. The summed E-state index contributed by atoms with van der Waals surface area (Å²) in [5.41, 5.74) is 0.580. The monoisotopic (exact) mass is 343 g/mol. The van der Waals surface area contributed by atoms with Gasteiger partial charge in [0, 0.05) is 44.2 Å². The van der Waals surface area contributed by atoms with Gasteiger partial charge in [-0.15, -0.1) is 0 Å². The fourth-order valence-electron chi connectivity index (χ4n) is 4.09. The van der Waals surface area contributed by atoms with Crippen LogP contribution in [-0.2, 0) is 4.79 Å². The molecule has 0 N–H and O–H groups in total. The molecule has 1 aromatic heterocycles. The van der Waals surface area contributed by atoms with E-state index in [2.05, 4.69) is 18.8 Å². The maximum absolute atomic E-state index is 12.8. The largest absolute Gasteiger partial charge is 0.342 e. The third-order valence-corrected chi connectivity index (χ3v) is 5.56. The summed E-state index contributed by atoms with van der Waals surface area (Å²) in [7, 11) is 0. The van der Waals surface area contributed by atoms with E-state index in [4.69, 9.17) is 0 Å². The zero-order chi connectivity index (χ0) is 17.9. The fourth-order valence-corrected chi connectivity index (χ4v) is 4.09. The number of pyridine rings is 1.